The summed E-state index contributed by atoms with van der Waals surface area (Å²) in [6.07, 6.45) is 58.1. The van der Waals surface area contributed by atoms with Crippen LogP contribution in [0.1, 0.15) is 200 Å². The number of amides is 1. The summed E-state index contributed by atoms with van der Waals surface area (Å²) in [5.41, 5.74) is 5.38. The second-order valence-electron chi connectivity index (χ2n) is 15.6. The molecule has 336 valence electrons. The zero-order valence-corrected chi connectivity index (χ0v) is 38.2. The number of unbranched alkanes of at least 4 members (excludes halogenated alkanes) is 21. The van der Waals surface area contributed by atoms with Gasteiger partial charge in [-0.15, -0.1) is 0 Å². The molecule has 1 amide bonds. The van der Waals surface area contributed by atoms with Gasteiger partial charge in [0, 0.05) is 13.0 Å². The molecule has 0 aliphatic heterocycles. The predicted molar refractivity (Wildman–Crippen MR) is 249 cm³/mol. The first kappa shape index (κ1) is 55.9. The van der Waals surface area contributed by atoms with Crippen LogP contribution in [0.3, 0.4) is 0 Å². The zero-order chi connectivity index (χ0) is 42.5. The van der Waals surface area contributed by atoms with Crippen LogP contribution < -0.4 is 11.1 Å². The molecule has 0 saturated heterocycles. The number of nitrogens with one attached hydrogen (secondary N) is 1. The molecular formula is C49H89N2O6P. The molecule has 0 heterocycles. The van der Waals surface area contributed by atoms with E-state index in [4.69, 9.17) is 14.8 Å². The summed E-state index contributed by atoms with van der Waals surface area (Å²) in [5, 5.41) is 13.7. The number of phosphoric ester groups is 1. The highest BCUT2D eigenvalue weighted by molar-refractivity contribution is 7.47. The number of rotatable bonds is 43. The predicted octanol–water partition coefficient (Wildman–Crippen LogP) is 13.6. The van der Waals surface area contributed by atoms with Crippen molar-refractivity contribution in [2.75, 3.05) is 19.8 Å². The Bertz CT molecular complexity index is 1130. The molecule has 0 spiro atoms. The van der Waals surface area contributed by atoms with Gasteiger partial charge in [-0.3, -0.25) is 13.8 Å². The van der Waals surface area contributed by atoms with Gasteiger partial charge in [0.1, 0.15) is 0 Å². The number of aliphatic hydroxyl groups is 1. The van der Waals surface area contributed by atoms with E-state index in [0.717, 1.165) is 70.6 Å². The minimum Gasteiger partial charge on any atom is -0.387 e. The van der Waals surface area contributed by atoms with Crippen molar-refractivity contribution in [3.63, 3.8) is 0 Å². The number of hydrogen-bond acceptors (Lipinski definition) is 6. The Morgan fingerprint density at radius 1 is 0.569 bits per heavy atom. The molecule has 0 fully saturated rings. The lowest BCUT2D eigenvalue weighted by Crippen LogP contribution is -2.45. The van der Waals surface area contributed by atoms with Crippen LogP contribution in [0.2, 0.25) is 0 Å². The summed E-state index contributed by atoms with van der Waals surface area (Å²) in [4.78, 5) is 22.7. The highest BCUT2D eigenvalue weighted by atomic mass is 31.2. The van der Waals surface area contributed by atoms with E-state index in [0.29, 0.717) is 6.42 Å². The third-order valence-corrected chi connectivity index (χ3v) is 11.0. The Morgan fingerprint density at radius 3 is 1.45 bits per heavy atom. The fourth-order valence-electron chi connectivity index (χ4n) is 6.40. The number of allylic oxidation sites excluding steroid dienone is 11. The lowest BCUT2D eigenvalue weighted by Gasteiger charge is -2.23. The molecule has 0 aliphatic carbocycles. The molecule has 3 unspecified atom stereocenters. The monoisotopic (exact) mass is 833 g/mol. The fraction of sp³-hybridized carbons (Fsp3) is 0.735. The van der Waals surface area contributed by atoms with E-state index in [1.807, 2.05) is 6.08 Å². The minimum atomic E-state index is -4.36. The molecule has 9 heteroatoms. The van der Waals surface area contributed by atoms with E-state index < -0.39 is 20.0 Å². The van der Waals surface area contributed by atoms with Gasteiger partial charge in [0.15, 0.2) is 0 Å². The lowest BCUT2D eigenvalue weighted by atomic mass is 10.1. The number of aliphatic hydroxyl groups excluding tert-OH is 1. The summed E-state index contributed by atoms with van der Waals surface area (Å²) in [6.45, 7) is 4.07. The number of carbonyl (C=O) groups excluding carboxylic acids is 1. The van der Waals surface area contributed by atoms with Crippen LogP contribution in [0.4, 0.5) is 0 Å². The maximum absolute atomic E-state index is 12.8. The van der Waals surface area contributed by atoms with Gasteiger partial charge in [-0.1, -0.05) is 183 Å². The summed E-state index contributed by atoms with van der Waals surface area (Å²) in [5.74, 6) is -0.223. The van der Waals surface area contributed by atoms with Crippen LogP contribution in [0, 0.1) is 0 Å². The maximum Gasteiger partial charge on any atom is 0.472 e. The standard InChI is InChI=1S/C49H89N2O6P/c1-3-5-7-9-11-13-15-17-19-21-23-24-25-27-29-31-33-35-37-39-41-43-49(53)51-47(46-57-58(54,55)56-45-44-50)48(52)42-40-38-36-34-32-30-28-26-22-20-18-16-14-12-10-8-6-4-2/h15,17,21-23,25-27,32,34,40,42,47-48,52H,3-14,16,18-20,24,28-31,33,35-39,41,43-46,50H2,1-2H3,(H,51,53)(H,54,55)/b17-15-,23-21-,26-22+,27-25-,34-32+,42-40+. The fourth-order valence-corrected chi connectivity index (χ4v) is 7.16. The Morgan fingerprint density at radius 2 is 0.966 bits per heavy atom. The highest BCUT2D eigenvalue weighted by Gasteiger charge is 2.26. The Hall–Kier alpha value is -2.06. The molecular weight excluding hydrogens is 744 g/mol. The van der Waals surface area contributed by atoms with E-state index in [1.165, 1.54) is 109 Å². The molecule has 8 nitrogen and oxygen atoms in total. The topological polar surface area (TPSA) is 131 Å². The van der Waals surface area contributed by atoms with Crippen LogP contribution in [0.5, 0.6) is 0 Å². The molecule has 0 saturated carbocycles. The molecule has 0 bridgehead atoms. The van der Waals surface area contributed by atoms with Gasteiger partial charge in [-0.25, -0.2) is 4.57 Å². The Labute approximate surface area is 357 Å². The van der Waals surface area contributed by atoms with E-state index in [-0.39, 0.29) is 25.7 Å². The van der Waals surface area contributed by atoms with E-state index >= 15 is 0 Å². The largest absolute Gasteiger partial charge is 0.472 e. The average molecular weight is 833 g/mol. The molecule has 3 atom stereocenters. The van der Waals surface area contributed by atoms with Gasteiger partial charge in [0.05, 0.1) is 25.4 Å². The average Bonchev–Trinajstić information content (AvgIpc) is 3.21. The number of carbonyl (C=O) groups is 1. The molecule has 0 radical (unpaired) electrons. The first-order valence-electron chi connectivity index (χ1n) is 23.6. The molecule has 0 rings (SSSR count). The van der Waals surface area contributed by atoms with Crippen LogP contribution in [-0.4, -0.2) is 47.8 Å². The maximum atomic E-state index is 12.8. The second kappa shape index (κ2) is 44.5. The first-order chi connectivity index (χ1) is 28.4. The van der Waals surface area contributed by atoms with Crippen LogP contribution in [-0.2, 0) is 18.4 Å². The summed E-state index contributed by atoms with van der Waals surface area (Å²) >= 11 is 0. The highest BCUT2D eigenvalue weighted by Crippen LogP contribution is 2.43. The van der Waals surface area contributed by atoms with E-state index in [1.54, 1.807) is 6.08 Å². The SMILES string of the molecule is CCCCCCC/C=C\C/C=C\C/C=C\CCCCCCCCC(=O)NC(COP(=O)(O)OCCN)C(O)/C=C/CC/C=C/CC/C=C/CCCCCCCCCC. The van der Waals surface area contributed by atoms with E-state index in [2.05, 4.69) is 79.9 Å². The molecule has 0 aromatic rings. The number of phosphoric acid groups is 1. The quantitative estimate of drug-likeness (QED) is 0.0273. The molecule has 5 N–H and O–H groups in total. The van der Waals surface area contributed by atoms with Gasteiger partial charge < -0.3 is 21.1 Å². The van der Waals surface area contributed by atoms with Crippen molar-refractivity contribution >= 4 is 13.7 Å². The van der Waals surface area contributed by atoms with Crippen LogP contribution in [0.15, 0.2) is 72.9 Å². The van der Waals surface area contributed by atoms with Crippen molar-refractivity contribution in [3.05, 3.63) is 72.9 Å². The third kappa shape index (κ3) is 42.1. The van der Waals surface area contributed by atoms with E-state index in [9.17, 15) is 19.4 Å². The molecule has 58 heavy (non-hydrogen) atoms. The third-order valence-electron chi connectivity index (χ3n) is 9.98. The van der Waals surface area contributed by atoms with Gasteiger partial charge in [-0.05, 0) is 83.5 Å². The first-order valence-corrected chi connectivity index (χ1v) is 25.1. The zero-order valence-electron chi connectivity index (χ0n) is 37.3. The Kier molecular flexibility index (Phi) is 42.9. The number of hydrogen-bond donors (Lipinski definition) is 4. The molecule has 0 aliphatic rings. The van der Waals surface area contributed by atoms with Crippen molar-refractivity contribution in [2.45, 2.75) is 212 Å². The van der Waals surface area contributed by atoms with Gasteiger partial charge in [0.25, 0.3) is 0 Å². The normalized spacial score (nSPS) is 14.6. The van der Waals surface area contributed by atoms with Crippen LogP contribution >= 0.6 is 7.82 Å². The number of nitrogens with two attached hydrogens (primary N) is 1. The summed E-state index contributed by atoms with van der Waals surface area (Å²) in [6, 6.07) is -0.894. The van der Waals surface area contributed by atoms with Crippen molar-refractivity contribution in [1.82, 2.24) is 5.32 Å². The van der Waals surface area contributed by atoms with Gasteiger partial charge in [-0.2, -0.15) is 0 Å². The smallest absolute Gasteiger partial charge is 0.387 e. The van der Waals surface area contributed by atoms with Gasteiger partial charge >= 0.3 is 7.82 Å². The van der Waals surface area contributed by atoms with Crippen molar-refractivity contribution < 1.29 is 28.4 Å². The minimum absolute atomic E-state index is 0.0661. The molecule has 0 aromatic carbocycles. The van der Waals surface area contributed by atoms with Crippen molar-refractivity contribution in [2.24, 2.45) is 5.73 Å². The van der Waals surface area contributed by atoms with Gasteiger partial charge in [0.2, 0.25) is 5.91 Å². The van der Waals surface area contributed by atoms with Crippen molar-refractivity contribution in [1.29, 1.82) is 0 Å². The second-order valence-corrected chi connectivity index (χ2v) is 17.0. The molecule has 0 aromatic heterocycles. The summed E-state index contributed by atoms with van der Waals surface area (Å²) < 4.78 is 22.1. The Balaban J connectivity index is 4.28. The lowest BCUT2D eigenvalue weighted by molar-refractivity contribution is -0.123. The van der Waals surface area contributed by atoms with Crippen LogP contribution in [0.25, 0.3) is 0 Å². The summed E-state index contributed by atoms with van der Waals surface area (Å²) in [7, 11) is -4.36. The van der Waals surface area contributed by atoms with Crippen molar-refractivity contribution in [3.8, 4) is 0 Å².